The van der Waals surface area contributed by atoms with E-state index in [0.717, 1.165) is 59.6 Å². The monoisotopic (exact) mass is 425 g/mol. The SMILES string of the molecule is CN(C)c1cccc(Nc2nc3ccc(C(=O)NCCN4CCOCC4)cc3s2)c1. The Labute approximate surface area is 180 Å². The van der Waals surface area contributed by atoms with Crippen molar-refractivity contribution < 1.29 is 9.53 Å². The van der Waals surface area contributed by atoms with Gasteiger partial charge in [0.1, 0.15) is 0 Å². The van der Waals surface area contributed by atoms with Crippen LogP contribution in [-0.4, -0.2) is 69.3 Å². The Bertz CT molecular complexity index is 1010. The summed E-state index contributed by atoms with van der Waals surface area (Å²) in [6.45, 7) is 4.87. The van der Waals surface area contributed by atoms with E-state index >= 15 is 0 Å². The van der Waals surface area contributed by atoms with Crippen molar-refractivity contribution in [3.8, 4) is 0 Å². The van der Waals surface area contributed by atoms with Crippen molar-refractivity contribution in [3.63, 3.8) is 0 Å². The number of rotatable bonds is 7. The summed E-state index contributed by atoms with van der Waals surface area (Å²) >= 11 is 1.55. The van der Waals surface area contributed by atoms with Crippen molar-refractivity contribution in [3.05, 3.63) is 48.0 Å². The number of benzene rings is 2. The number of thiazole rings is 1. The average Bonchev–Trinajstić information content (AvgIpc) is 3.16. The fraction of sp³-hybridized carbons (Fsp3) is 0.364. The zero-order valence-corrected chi connectivity index (χ0v) is 18.2. The number of hydrogen-bond acceptors (Lipinski definition) is 7. The van der Waals surface area contributed by atoms with E-state index in [1.165, 1.54) is 0 Å². The summed E-state index contributed by atoms with van der Waals surface area (Å²) in [7, 11) is 4.04. The molecule has 3 aromatic rings. The van der Waals surface area contributed by atoms with Gasteiger partial charge in [-0.1, -0.05) is 17.4 Å². The molecule has 8 heteroatoms. The van der Waals surface area contributed by atoms with Crippen LogP contribution in [-0.2, 0) is 4.74 Å². The van der Waals surface area contributed by atoms with Crippen LogP contribution in [0.1, 0.15) is 10.4 Å². The molecule has 30 heavy (non-hydrogen) atoms. The number of aromatic nitrogens is 1. The second-order valence-electron chi connectivity index (χ2n) is 7.48. The zero-order valence-electron chi connectivity index (χ0n) is 17.4. The highest BCUT2D eigenvalue weighted by Gasteiger charge is 2.12. The Morgan fingerprint density at radius 1 is 1.20 bits per heavy atom. The lowest BCUT2D eigenvalue weighted by Crippen LogP contribution is -2.41. The lowest BCUT2D eigenvalue weighted by atomic mass is 10.2. The number of carbonyl (C=O) groups excluding carboxylic acids is 1. The van der Waals surface area contributed by atoms with Crippen LogP contribution in [0.3, 0.4) is 0 Å². The minimum Gasteiger partial charge on any atom is -0.379 e. The average molecular weight is 426 g/mol. The van der Waals surface area contributed by atoms with Crippen molar-refractivity contribution in [2.75, 3.05) is 63.7 Å². The molecule has 1 saturated heterocycles. The van der Waals surface area contributed by atoms with Crippen molar-refractivity contribution in [2.45, 2.75) is 0 Å². The number of ether oxygens (including phenoxy) is 1. The number of morpholine rings is 1. The molecule has 0 radical (unpaired) electrons. The minimum atomic E-state index is -0.0493. The molecule has 1 amide bonds. The number of hydrogen-bond donors (Lipinski definition) is 2. The largest absolute Gasteiger partial charge is 0.379 e. The van der Waals surface area contributed by atoms with Crippen LogP contribution in [0.25, 0.3) is 10.2 Å². The fourth-order valence-electron chi connectivity index (χ4n) is 3.36. The van der Waals surface area contributed by atoms with E-state index in [1.54, 1.807) is 11.3 Å². The summed E-state index contributed by atoms with van der Waals surface area (Å²) < 4.78 is 6.34. The summed E-state index contributed by atoms with van der Waals surface area (Å²) in [4.78, 5) is 21.6. The van der Waals surface area contributed by atoms with Crippen molar-refractivity contribution in [2.24, 2.45) is 0 Å². The summed E-state index contributed by atoms with van der Waals surface area (Å²) in [5.74, 6) is -0.0493. The molecular weight excluding hydrogens is 398 g/mol. The number of nitrogens with zero attached hydrogens (tertiary/aromatic N) is 3. The molecule has 2 N–H and O–H groups in total. The van der Waals surface area contributed by atoms with Gasteiger partial charge in [-0.15, -0.1) is 0 Å². The van der Waals surface area contributed by atoms with Crippen molar-refractivity contribution in [1.82, 2.24) is 15.2 Å². The molecule has 0 aliphatic carbocycles. The van der Waals surface area contributed by atoms with E-state index in [1.807, 2.05) is 44.4 Å². The third kappa shape index (κ3) is 5.08. The highest BCUT2D eigenvalue weighted by Crippen LogP contribution is 2.30. The second kappa shape index (κ2) is 9.42. The third-order valence-corrected chi connectivity index (χ3v) is 6.02. The van der Waals surface area contributed by atoms with Gasteiger partial charge in [-0.05, 0) is 36.4 Å². The van der Waals surface area contributed by atoms with E-state index in [-0.39, 0.29) is 5.91 Å². The Hall–Kier alpha value is -2.68. The molecule has 0 unspecified atom stereocenters. The fourth-order valence-corrected chi connectivity index (χ4v) is 4.28. The maximum atomic E-state index is 12.5. The van der Waals surface area contributed by atoms with Crippen molar-refractivity contribution >= 4 is 44.0 Å². The molecule has 1 fully saturated rings. The van der Waals surface area contributed by atoms with Crippen LogP contribution >= 0.6 is 11.3 Å². The Morgan fingerprint density at radius 3 is 2.83 bits per heavy atom. The predicted octanol–water partition coefficient (Wildman–Crippen LogP) is 3.17. The van der Waals surface area contributed by atoms with Gasteiger partial charge in [0.15, 0.2) is 5.13 Å². The first-order valence-electron chi connectivity index (χ1n) is 10.1. The molecule has 0 bridgehead atoms. The Kier molecular flexibility index (Phi) is 6.47. The van der Waals surface area contributed by atoms with E-state index in [9.17, 15) is 4.79 Å². The van der Waals surface area contributed by atoms with Crippen LogP contribution in [0.4, 0.5) is 16.5 Å². The van der Waals surface area contributed by atoms with Gasteiger partial charge in [0.05, 0.1) is 23.4 Å². The lowest BCUT2D eigenvalue weighted by Gasteiger charge is -2.26. The second-order valence-corrected chi connectivity index (χ2v) is 8.51. The number of carbonyl (C=O) groups is 1. The van der Waals surface area contributed by atoms with E-state index in [4.69, 9.17) is 4.74 Å². The summed E-state index contributed by atoms with van der Waals surface area (Å²) in [5, 5.41) is 7.20. The number of amides is 1. The van der Waals surface area contributed by atoms with Gasteiger partial charge in [0, 0.05) is 57.2 Å². The number of anilines is 3. The molecule has 1 aliphatic heterocycles. The van der Waals surface area contributed by atoms with Gasteiger partial charge >= 0.3 is 0 Å². The van der Waals surface area contributed by atoms with Crippen molar-refractivity contribution in [1.29, 1.82) is 0 Å². The molecular formula is C22H27N5O2S. The van der Waals surface area contributed by atoms with Gasteiger partial charge in [0.25, 0.3) is 5.91 Å². The van der Waals surface area contributed by atoms with E-state index < -0.39 is 0 Å². The molecule has 7 nitrogen and oxygen atoms in total. The number of fused-ring (bicyclic) bond motifs is 1. The highest BCUT2D eigenvalue weighted by atomic mass is 32.1. The van der Waals surface area contributed by atoms with Crippen LogP contribution in [0.15, 0.2) is 42.5 Å². The van der Waals surface area contributed by atoms with Crippen LogP contribution in [0.2, 0.25) is 0 Å². The standard InChI is InChI=1S/C22H27N5O2S/c1-26(2)18-5-3-4-17(15-18)24-22-25-19-7-6-16(14-20(19)30-22)21(28)23-8-9-27-10-12-29-13-11-27/h3-7,14-15H,8-13H2,1-2H3,(H,23,28)(H,24,25). The first-order chi connectivity index (χ1) is 14.6. The maximum absolute atomic E-state index is 12.5. The van der Waals surface area contributed by atoms with Gasteiger partial charge in [-0.2, -0.15) is 0 Å². The normalized spacial score (nSPS) is 14.6. The molecule has 0 saturated carbocycles. The maximum Gasteiger partial charge on any atom is 0.251 e. The molecule has 2 heterocycles. The smallest absolute Gasteiger partial charge is 0.251 e. The zero-order chi connectivity index (χ0) is 20.9. The Morgan fingerprint density at radius 2 is 2.03 bits per heavy atom. The summed E-state index contributed by atoms with van der Waals surface area (Å²) in [5.41, 5.74) is 3.66. The molecule has 0 spiro atoms. The van der Waals surface area contributed by atoms with Gasteiger partial charge in [-0.3, -0.25) is 9.69 Å². The number of nitrogens with one attached hydrogen (secondary N) is 2. The Balaban J connectivity index is 1.39. The van der Waals surface area contributed by atoms with Gasteiger partial charge in [0.2, 0.25) is 0 Å². The van der Waals surface area contributed by atoms with Crippen LogP contribution in [0, 0.1) is 0 Å². The minimum absolute atomic E-state index is 0.0493. The highest BCUT2D eigenvalue weighted by molar-refractivity contribution is 7.22. The quantitative estimate of drug-likeness (QED) is 0.606. The molecule has 4 rings (SSSR count). The lowest BCUT2D eigenvalue weighted by molar-refractivity contribution is 0.0383. The van der Waals surface area contributed by atoms with Crippen LogP contribution < -0.4 is 15.5 Å². The molecule has 0 atom stereocenters. The molecule has 1 aromatic heterocycles. The first-order valence-corrected chi connectivity index (χ1v) is 10.9. The summed E-state index contributed by atoms with van der Waals surface area (Å²) in [6.07, 6.45) is 0. The summed E-state index contributed by atoms with van der Waals surface area (Å²) in [6, 6.07) is 13.8. The molecule has 2 aromatic carbocycles. The van der Waals surface area contributed by atoms with Gasteiger partial charge in [-0.25, -0.2) is 4.98 Å². The first kappa shape index (κ1) is 20.6. The van der Waals surface area contributed by atoms with Gasteiger partial charge < -0.3 is 20.3 Å². The molecule has 1 aliphatic rings. The van der Waals surface area contributed by atoms with E-state index in [0.29, 0.717) is 12.1 Å². The van der Waals surface area contributed by atoms with Crippen LogP contribution in [0.5, 0.6) is 0 Å². The predicted molar refractivity (Wildman–Crippen MR) is 123 cm³/mol. The molecule has 158 valence electrons. The third-order valence-electron chi connectivity index (χ3n) is 5.08. The van der Waals surface area contributed by atoms with E-state index in [2.05, 4.69) is 37.6 Å². The topological polar surface area (TPSA) is 69.7 Å².